The Bertz CT molecular complexity index is 702. The van der Waals surface area contributed by atoms with Crippen molar-refractivity contribution in [2.24, 2.45) is 0 Å². The number of nitrogens with zero attached hydrogens (tertiary/aromatic N) is 1. The van der Waals surface area contributed by atoms with Gasteiger partial charge in [0.25, 0.3) is 0 Å². The molecule has 1 aromatic heterocycles. The molecule has 1 aliphatic heterocycles. The zero-order chi connectivity index (χ0) is 15.5. The summed E-state index contributed by atoms with van der Waals surface area (Å²) in [5.74, 6) is 0. The summed E-state index contributed by atoms with van der Waals surface area (Å²) in [6.45, 7) is 6.97. The van der Waals surface area contributed by atoms with E-state index in [2.05, 4.69) is 15.2 Å². The molecule has 0 spiro atoms. The van der Waals surface area contributed by atoms with Crippen molar-refractivity contribution in [2.45, 2.75) is 19.9 Å². The van der Waals surface area contributed by atoms with Gasteiger partial charge in [0.2, 0.25) is 0 Å². The first-order valence-electron chi connectivity index (χ1n) is 7.55. The molecule has 118 valence electrons. The molecule has 1 aliphatic rings. The summed E-state index contributed by atoms with van der Waals surface area (Å²) < 4.78 is 0. The van der Waals surface area contributed by atoms with E-state index in [1.807, 2.05) is 25.1 Å². The Kier molecular flexibility index (Phi) is 4.98. The average molecular weight is 338 g/mol. The van der Waals surface area contributed by atoms with Gasteiger partial charge in [0, 0.05) is 29.5 Å². The lowest BCUT2D eigenvalue weighted by molar-refractivity contribution is 0.287. The number of hydrogen-bond donors (Lipinski definition) is 2. The van der Waals surface area contributed by atoms with Gasteiger partial charge in [0.15, 0.2) is 0 Å². The summed E-state index contributed by atoms with van der Waals surface area (Å²) in [5, 5.41) is 4.16. The molecule has 6 heteroatoms. The number of hydrogen-bond acceptors (Lipinski definition) is 4. The largest absolute Gasteiger partial charge is 0.315 e. The Balaban J connectivity index is 1.88. The van der Waals surface area contributed by atoms with E-state index in [9.17, 15) is 4.79 Å². The Morgan fingerprint density at radius 1 is 1.32 bits per heavy atom. The fourth-order valence-electron chi connectivity index (χ4n) is 2.77. The van der Waals surface area contributed by atoms with Crippen LogP contribution in [0.25, 0.3) is 11.3 Å². The monoisotopic (exact) mass is 337 g/mol. The quantitative estimate of drug-likeness (QED) is 0.905. The van der Waals surface area contributed by atoms with Crippen molar-refractivity contribution in [3.63, 3.8) is 0 Å². The van der Waals surface area contributed by atoms with Crippen LogP contribution in [0.4, 0.5) is 0 Å². The predicted octanol–water partition coefficient (Wildman–Crippen LogP) is 2.86. The number of benzene rings is 1. The number of nitrogens with one attached hydrogen (secondary N) is 2. The minimum atomic E-state index is 0.00514. The van der Waals surface area contributed by atoms with E-state index in [1.54, 1.807) is 0 Å². The van der Waals surface area contributed by atoms with Crippen LogP contribution < -0.4 is 10.2 Å². The Morgan fingerprint density at radius 2 is 2.18 bits per heavy atom. The molecule has 2 N–H and O–H groups in total. The van der Waals surface area contributed by atoms with Crippen LogP contribution in [0.1, 0.15) is 16.9 Å². The lowest BCUT2D eigenvalue weighted by Crippen LogP contribution is -2.27. The highest BCUT2D eigenvalue weighted by atomic mass is 35.5. The SMILES string of the molecule is Cc1cc(-c2[nH]c(=O)sc2CN2CCCNCC2)ccc1Cl. The smallest absolute Gasteiger partial charge is 0.305 e. The summed E-state index contributed by atoms with van der Waals surface area (Å²) in [4.78, 5) is 18.4. The normalized spacial score (nSPS) is 16.6. The molecule has 0 unspecified atom stereocenters. The first-order chi connectivity index (χ1) is 10.6. The topological polar surface area (TPSA) is 48.1 Å². The molecular weight excluding hydrogens is 318 g/mol. The molecule has 1 fully saturated rings. The van der Waals surface area contributed by atoms with E-state index in [0.717, 1.165) is 65.9 Å². The summed E-state index contributed by atoms with van der Waals surface area (Å²) in [6.07, 6.45) is 1.15. The number of thiazole rings is 1. The number of H-pyrrole nitrogens is 1. The third kappa shape index (κ3) is 3.60. The Labute approximate surface area is 139 Å². The van der Waals surface area contributed by atoms with Crippen molar-refractivity contribution in [3.8, 4) is 11.3 Å². The zero-order valence-electron chi connectivity index (χ0n) is 12.6. The third-order valence-corrected chi connectivity index (χ3v) is 5.26. The maximum atomic E-state index is 11.9. The van der Waals surface area contributed by atoms with Crippen LogP contribution in [0.2, 0.25) is 5.02 Å². The maximum Gasteiger partial charge on any atom is 0.305 e. The van der Waals surface area contributed by atoms with Crippen LogP contribution >= 0.6 is 22.9 Å². The van der Waals surface area contributed by atoms with Crippen molar-refractivity contribution in [3.05, 3.63) is 43.3 Å². The van der Waals surface area contributed by atoms with Gasteiger partial charge in [-0.2, -0.15) is 0 Å². The third-order valence-electron chi connectivity index (χ3n) is 3.97. The lowest BCUT2D eigenvalue weighted by Gasteiger charge is -2.19. The van der Waals surface area contributed by atoms with Crippen LogP contribution in [0.3, 0.4) is 0 Å². The molecule has 22 heavy (non-hydrogen) atoms. The van der Waals surface area contributed by atoms with Crippen molar-refractivity contribution in [1.29, 1.82) is 0 Å². The molecule has 0 saturated carbocycles. The van der Waals surface area contributed by atoms with Gasteiger partial charge in [-0.25, -0.2) is 0 Å². The van der Waals surface area contributed by atoms with E-state index in [1.165, 1.54) is 11.3 Å². The summed E-state index contributed by atoms with van der Waals surface area (Å²) >= 11 is 7.42. The highest BCUT2D eigenvalue weighted by Crippen LogP contribution is 2.28. The van der Waals surface area contributed by atoms with Crippen LogP contribution in [-0.4, -0.2) is 36.1 Å². The summed E-state index contributed by atoms with van der Waals surface area (Å²) in [6, 6.07) is 5.90. The van der Waals surface area contributed by atoms with Crippen molar-refractivity contribution < 1.29 is 0 Å². The summed E-state index contributed by atoms with van der Waals surface area (Å²) in [5.41, 5.74) is 2.99. The highest BCUT2D eigenvalue weighted by molar-refractivity contribution is 7.09. The van der Waals surface area contributed by atoms with Crippen molar-refractivity contribution in [2.75, 3.05) is 26.2 Å². The van der Waals surface area contributed by atoms with Crippen LogP contribution in [0.15, 0.2) is 23.0 Å². The summed E-state index contributed by atoms with van der Waals surface area (Å²) in [7, 11) is 0. The predicted molar refractivity (Wildman–Crippen MR) is 92.9 cm³/mol. The minimum absolute atomic E-state index is 0.00514. The second-order valence-corrected chi connectivity index (χ2v) is 7.13. The average Bonchev–Trinajstić information content (AvgIpc) is 2.70. The fourth-order valence-corrected chi connectivity index (χ4v) is 3.78. The number of aromatic nitrogens is 1. The molecule has 0 bridgehead atoms. The van der Waals surface area contributed by atoms with Crippen molar-refractivity contribution in [1.82, 2.24) is 15.2 Å². The molecular formula is C16H20ClN3OS. The second-order valence-electron chi connectivity index (χ2n) is 5.66. The second kappa shape index (κ2) is 6.96. The lowest BCUT2D eigenvalue weighted by atomic mass is 10.1. The molecule has 0 atom stereocenters. The van der Waals surface area contributed by atoms with E-state index >= 15 is 0 Å². The standard InChI is InChI=1S/C16H20ClN3OS/c1-11-9-12(3-4-13(11)17)15-14(22-16(21)19-15)10-20-7-2-5-18-6-8-20/h3-4,9,18H,2,5-8,10H2,1H3,(H,19,21). The van der Waals surface area contributed by atoms with Gasteiger partial charge in [-0.1, -0.05) is 29.0 Å². The molecule has 2 heterocycles. The molecule has 1 saturated heterocycles. The number of aryl methyl sites for hydroxylation is 1. The zero-order valence-corrected chi connectivity index (χ0v) is 14.2. The molecule has 0 radical (unpaired) electrons. The first kappa shape index (κ1) is 15.7. The van der Waals surface area contributed by atoms with Crippen LogP contribution in [0, 0.1) is 6.92 Å². The van der Waals surface area contributed by atoms with Gasteiger partial charge in [0.1, 0.15) is 0 Å². The van der Waals surface area contributed by atoms with E-state index < -0.39 is 0 Å². The van der Waals surface area contributed by atoms with Gasteiger partial charge >= 0.3 is 4.87 Å². The maximum absolute atomic E-state index is 11.9. The van der Waals surface area contributed by atoms with Gasteiger partial charge in [0.05, 0.1) is 5.69 Å². The van der Waals surface area contributed by atoms with E-state index in [0.29, 0.717) is 0 Å². The molecule has 3 rings (SSSR count). The van der Waals surface area contributed by atoms with Crippen LogP contribution in [0.5, 0.6) is 0 Å². The Morgan fingerprint density at radius 3 is 3.00 bits per heavy atom. The highest BCUT2D eigenvalue weighted by Gasteiger charge is 2.16. The molecule has 0 amide bonds. The van der Waals surface area contributed by atoms with E-state index in [-0.39, 0.29) is 4.87 Å². The van der Waals surface area contributed by atoms with Gasteiger partial charge < -0.3 is 10.3 Å². The van der Waals surface area contributed by atoms with Crippen LogP contribution in [-0.2, 0) is 6.54 Å². The Hall–Kier alpha value is -1.14. The van der Waals surface area contributed by atoms with Crippen molar-refractivity contribution >= 4 is 22.9 Å². The molecule has 1 aromatic carbocycles. The first-order valence-corrected chi connectivity index (χ1v) is 8.74. The minimum Gasteiger partial charge on any atom is -0.315 e. The molecule has 2 aromatic rings. The number of halogens is 1. The van der Waals surface area contributed by atoms with Gasteiger partial charge in [-0.15, -0.1) is 0 Å². The number of aromatic amines is 1. The number of rotatable bonds is 3. The fraction of sp³-hybridized carbons (Fsp3) is 0.438. The van der Waals surface area contributed by atoms with E-state index in [4.69, 9.17) is 11.6 Å². The molecule has 0 aliphatic carbocycles. The molecule has 4 nitrogen and oxygen atoms in total. The van der Waals surface area contributed by atoms with Gasteiger partial charge in [-0.05, 0) is 49.7 Å². The van der Waals surface area contributed by atoms with Gasteiger partial charge in [-0.3, -0.25) is 9.69 Å².